The fourth-order valence-corrected chi connectivity index (χ4v) is 4.45. The molecule has 28 heavy (non-hydrogen) atoms. The van der Waals surface area contributed by atoms with E-state index in [0.29, 0.717) is 5.02 Å². The third-order valence-corrected chi connectivity index (χ3v) is 6.47. The summed E-state index contributed by atoms with van der Waals surface area (Å²) in [6.07, 6.45) is 5.27. The quantitative estimate of drug-likeness (QED) is 0.404. The summed E-state index contributed by atoms with van der Waals surface area (Å²) in [7, 11) is -3.91. The minimum absolute atomic E-state index is 0.0459. The van der Waals surface area contributed by atoms with E-state index in [-0.39, 0.29) is 10.6 Å². The van der Waals surface area contributed by atoms with Crippen molar-refractivity contribution in [1.82, 2.24) is 9.97 Å². The van der Waals surface area contributed by atoms with Crippen molar-refractivity contribution < 1.29 is 12.6 Å². The average molecular weight is 429 g/mol. The van der Waals surface area contributed by atoms with Gasteiger partial charge in [-0.15, -0.1) is 11.3 Å². The van der Waals surface area contributed by atoms with E-state index in [2.05, 4.69) is 9.97 Å². The van der Waals surface area contributed by atoms with E-state index in [1.54, 1.807) is 42.9 Å². The van der Waals surface area contributed by atoms with Gasteiger partial charge in [0.25, 0.3) is 0 Å². The first kappa shape index (κ1) is 18.6. The van der Waals surface area contributed by atoms with Gasteiger partial charge in [0.1, 0.15) is 15.7 Å². The Kier molecular flexibility index (Phi) is 5.13. The molecule has 0 bridgehead atoms. The molecule has 0 aliphatic heterocycles. The van der Waals surface area contributed by atoms with E-state index in [1.165, 1.54) is 35.6 Å². The van der Waals surface area contributed by atoms with Crippen LogP contribution < -0.4 is 4.18 Å². The first-order valence-electron chi connectivity index (χ1n) is 8.18. The van der Waals surface area contributed by atoms with Crippen LogP contribution in [0.4, 0.5) is 0 Å². The molecule has 2 heterocycles. The van der Waals surface area contributed by atoms with Gasteiger partial charge in [0, 0.05) is 29.2 Å². The monoisotopic (exact) mass is 428 g/mol. The summed E-state index contributed by atoms with van der Waals surface area (Å²) in [5, 5.41) is 1.33. The normalized spacial score (nSPS) is 11.3. The second-order valence-corrected chi connectivity index (χ2v) is 8.80. The molecule has 4 rings (SSSR count). The van der Waals surface area contributed by atoms with Crippen LogP contribution in [0.15, 0.2) is 84.1 Å². The van der Waals surface area contributed by atoms with Crippen molar-refractivity contribution in [2.24, 2.45) is 0 Å². The van der Waals surface area contributed by atoms with Crippen molar-refractivity contribution in [2.45, 2.75) is 4.90 Å². The summed E-state index contributed by atoms with van der Waals surface area (Å²) in [5.74, 6) is 0.232. The van der Waals surface area contributed by atoms with Crippen molar-refractivity contribution in [3.8, 4) is 26.8 Å². The number of thiazole rings is 1. The van der Waals surface area contributed by atoms with Crippen LogP contribution in [0.3, 0.4) is 0 Å². The van der Waals surface area contributed by atoms with Crippen molar-refractivity contribution in [1.29, 1.82) is 0 Å². The third kappa shape index (κ3) is 4.06. The van der Waals surface area contributed by atoms with E-state index >= 15 is 0 Å². The largest absolute Gasteiger partial charge is 0.379 e. The van der Waals surface area contributed by atoms with Crippen molar-refractivity contribution in [2.75, 3.05) is 0 Å². The number of benzene rings is 2. The molecule has 0 unspecified atom stereocenters. The Morgan fingerprint density at radius 1 is 0.893 bits per heavy atom. The van der Waals surface area contributed by atoms with Gasteiger partial charge in [-0.3, -0.25) is 4.98 Å². The van der Waals surface area contributed by atoms with Gasteiger partial charge in [0.15, 0.2) is 0 Å². The molecule has 0 spiro atoms. The molecular weight excluding hydrogens is 416 g/mol. The lowest BCUT2D eigenvalue weighted by atomic mass is 10.2. The van der Waals surface area contributed by atoms with Gasteiger partial charge in [-0.2, -0.15) is 8.42 Å². The predicted octanol–water partition coefficient (Wildman–Crippen LogP) is 5.29. The Morgan fingerprint density at radius 3 is 2.32 bits per heavy atom. The Hall–Kier alpha value is -2.74. The first-order chi connectivity index (χ1) is 13.5. The molecule has 0 saturated carbocycles. The van der Waals surface area contributed by atoms with Gasteiger partial charge >= 0.3 is 10.1 Å². The van der Waals surface area contributed by atoms with E-state index < -0.39 is 10.1 Å². The number of hydrogen-bond donors (Lipinski definition) is 0. The maximum Gasteiger partial charge on any atom is 0.339 e. The lowest BCUT2D eigenvalue weighted by Gasteiger charge is -2.07. The van der Waals surface area contributed by atoms with Gasteiger partial charge in [0.05, 0.1) is 4.88 Å². The maximum atomic E-state index is 12.3. The van der Waals surface area contributed by atoms with Gasteiger partial charge < -0.3 is 4.18 Å². The van der Waals surface area contributed by atoms with E-state index in [9.17, 15) is 8.42 Å². The molecule has 140 valence electrons. The smallest absolute Gasteiger partial charge is 0.339 e. The highest BCUT2D eigenvalue weighted by molar-refractivity contribution is 7.87. The third-order valence-electron chi connectivity index (χ3n) is 3.86. The number of rotatable bonds is 5. The highest BCUT2D eigenvalue weighted by Crippen LogP contribution is 2.32. The fraction of sp³-hybridized carbons (Fsp3) is 0. The Labute approximate surface area is 171 Å². The molecule has 0 fully saturated rings. The molecule has 0 saturated heterocycles. The standard InChI is InChI=1S/C20H13ClN2O3S2/c21-16-5-9-18(10-6-16)28(24,25)26-17-7-3-14(4-8-17)19-13-23-20(27-19)15-2-1-11-22-12-15/h1-13H. The van der Waals surface area contributed by atoms with Crippen molar-refractivity contribution >= 4 is 33.1 Å². The minimum atomic E-state index is -3.91. The van der Waals surface area contributed by atoms with E-state index in [1.807, 2.05) is 12.1 Å². The number of pyridine rings is 1. The topological polar surface area (TPSA) is 69.2 Å². The molecule has 0 radical (unpaired) electrons. The van der Waals surface area contributed by atoms with Crippen LogP contribution in [0.2, 0.25) is 5.02 Å². The van der Waals surface area contributed by atoms with Gasteiger partial charge in [-0.05, 0) is 66.2 Å². The van der Waals surface area contributed by atoms with Crippen LogP contribution in [0.1, 0.15) is 0 Å². The van der Waals surface area contributed by atoms with E-state index in [4.69, 9.17) is 15.8 Å². The second kappa shape index (κ2) is 7.71. The summed E-state index contributed by atoms with van der Waals surface area (Å²) >= 11 is 7.33. The predicted molar refractivity (Wildman–Crippen MR) is 110 cm³/mol. The average Bonchev–Trinajstić information content (AvgIpc) is 3.19. The second-order valence-electron chi connectivity index (χ2n) is 5.79. The number of nitrogens with zero attached hydrogens (tertiary/aromatic N) is 2. The summed E-state index contributed by atoms with van der Waals surface area (Å²) < 4.78 is 29.9. The van der Waals surface area contributed by atoms with Gasteiger partial charge in [-0.1, -0.05) is 11.6 Å². The minimum Gasteiger partial charge on any atom is -0.379 e. The molecule has 0 amide bonds. The molecular formula is C20H13ClN2O3S2. The zero-order valence-electron chi connectivity index (χ0n) is 14.3. The van der Waals surface area contributed by atoms with Crippen molar-refractivity contribution in [3.63, 3.8) is 0 Å². The fourth-order valence-electron chi connectivity index (χ4n) is 2.48. The summed E-state index contributed by atoms with van der Waals surface area (Å²) in [4.78, 5) is 9.55. The molecule has 0 atom stereocenters. The molecule has 0 N–H and O–H groups in total. The summed E-state index contributed by atoms with van der Waals surface area (Å²) in [6, 6.07) is 16.5. The van der Waals surface area contributed by atoms with Crippen LogP contribution in [0, 0.1) is 0 Å². The molecule has 8 heteroatoms. The van der Waals surface area contributed by atoms with Gasteiger partial charge in [0.2, 0.25) is 0 Å². The molecule has 2 aromatic heterocycles. The van der Waals surface area contributed by atoms with Crippen molar-refractivity contribution in [3.05, 3.63) is 84.3 Å². The SMILES string of the molecule is O=S(=O)(Oc1ccc(-c2cnc(-c3cccnc3)s2)cc1)c1ccc(Cl)cc1. The van der Waals surface area contributed by atoms with E-state index in [0.717, 1.165) is 21.0 Å². The van der Waals surface area contributed by atoms with Crippen LogP contribution in [-0.2, 0) is 10.1 Å². The maximum absolute atomic E-state index is 12.3. The zero-order valence-corrected chi connectivity index (χ0v) is 16.7. The highest BCUT2D eigenvalue weighted by Gasteiger charge is 2.16. The Morgan fingerprint density at radius 2 is 1.64 bits per heavy atom. The Balaban J connectivity index is 1.53. The van der Waals surface area contributed by atoms with Crippen LogP contribution in [0.5, 0.6) is 5.75 Å². The highest BCUT2D eigenvalue weighted by atomic mass is 35.5. The molecule has 5 nitrogen and oxygen atoms in total. The molecule has 0 aliphatic rings. The number of hydrogen-bond acceptors (Lipinski definition) is 6. The molecule has 2 aromatic carbocycles. The molecule has 0 aliphatic carbocycles. The first-order valence-corrected chi connectivity index (χ1v) is 10.8. The zero-order chi connectivity index (χ0) is 19.6. The Bertz CT molecular complexity index is 1190. The summed E-state index contributed by atoms with van der Waals surface area (Å²) in [5.41, 5.74) is 1.87. The number of halogens is 1. The van der Waals surface area contributed by atoms with Crippen LogP contribution in [-0.4, -0.2) is 18.4 Å². The van der Waals surface area contributed by atoms with Gasteiger partial charge in [-0.25, -0.2) is 4.98 Å². The lowest BCUT2D eigenvalue weighted by molar-refractivity contribution is 0.486. The van der Waals surface area contributed by atoms with Crippen LogP contribution in [0.25, 0.3) is 21.0 Å². The lowest BCUT2D eigenvalue weighted by Crippen LogP contribution is -2.09. The molecule has 4 aromatic rings. The van der Waals surface area contributed by atoms with Crippen LogP contribution >= 0.6 is 22.9 Å². The number of aromatic nitrogens is 2. The summed E-state index contributed by atoms with van der Waals surface area (Å²) in [6.45, 7) is 0.